The lowest BCUT2D eigenvalue weighted by atomic mass is 9.97. The minimum Gasteiger partial charge on any atom is -0.308 e. The Morgan fingerprint density at radius 3 is 2.60 bits per heavy atom. The van der Waals surface area contributed by atoms with Gasteiger partial charge >= 0.3 is 0 Å². The lowest BCUT2D eigenvalue weighted by molar-refractivity contribution is 0.0984. The number of benzene rings is 2. The number of aryl methyl sites for hydroxylation is 1. The highest BCUT2D eigenvalue weighted by Crippen LogP contribution is 2.30. The second kappa shape index (κ2) is 6.52. The molecule has 2 heterocycles. The Labute approximate surface area is 148 Å². The molecule has 0 spiro atoms. The summed E-state index contributed by atoms with van der Waals surface area (Å²) in [7, 11) is 0. The highest BCUT2D eigenvalue weighted by molar-refractivity contribution is 6.08. The summed E-state index contributed by atoms with van der Waals surface area (Å²) >= 11 is 0. The molecule has 0 aliphatic carbocycles. The Morgan fingerprint density at radius 1 is 1.00 bits per heavy atom. The van der Waals surface area contributed by atoms with Gasteiger partial charge in [0, 0.05) is 30.2 Å². The number of pyridine rings is 1. The van der Waals surface area contributed by atoms with Crippen molar-refractivity contribution < 1.29 is 4.79 Å². The van der Waals surface area contributed by atoms with E-state index in [-0.39, 0.29) is 5.91 Å². The molecule has 0 bridgehead atoms. The number of carbonyl (C=O) groups is 1. The van der Waals surface area contributed by atoms with E-state index in [4.69, 9.17) is 0 Å². The Balaban J connectivity index is 1.75. The molecule has 0 saturated heterocycles. The van der Waals surface area contributed by atoms with Crippen LogP contribution < -0.4 is 4.90 Å². The first kappa shape index (κ1) is 15.6. The van der Waals surface area contributed by atoms with Crippen LogP contribution in [0.1, 0.15) is 27.9 Å². The molecule has 0 N–H and O–H groups in total. The van der Waals surface area contributed by atoms with Crippen molar-refractivity contribution in [1.29, 1.82) is 0 Å². The number of fused-ring (bicyclic) bond motifs is 1. The van der Waals surface area contributed by atoms with Gasteiger partial charge in [0.25, 0.3) is 5.91 Å². The van der Waals surface area contributed by atoms with Gasteiger partial charge in [-0.15, -0.1) is 0 Å². The van der Waals surface area contributed by atoms with E-state index in [9.17, 15) is 4.79 Å². The Hall–Kier alpha value is -2.94. The van der Waals surface area contributed by atoms with Crippen molar-refractivity contribution in [2.24, 2.45) is 0 Å². The number of hydrogen-bond acceptors (Lipinski definition) is 2. The predicted octanol–water partition coefficient (Wildman–Crippen LogP) is 4.65. The van der Waals surface area contributed by atoms with E-state index >= 15 is 0 Å². The Bertz CT molecular complexity index is 918. The predicted molar refractivity (Wildman–Crippen MR) is 101 cm³/mol. The van der Waals surface area contributed by atoms with Crippen LogP contribution in [0.3, 0.4) is 0 Å². The van der Waals surface area contributed by atoms with Crippen LogP contribution in [-0.2, 0) is 6.42 Å². The molecule has 1 aromatic heterocycles. The van der Waals surface area contributed by atoms with E-state index < -0.39 is 0 Å². The molecule has 0 radical (unpaired) electrons. The minimum absolute atomic E-state index is 0.0370. The summed E-state index contributed by atoms with van der Waals surface area (Å²) in [6, 6.07) is 18.3. The topological polar surface area (TPSA) is 33.2 Å². The first-order valence-electron chi connectivity index (χ1n) is 8.65. The van der Waals surface area contributed by atoms with Gasteiger partial charge < -0.3 is 4.90 Å². The maximum absolute atomic E-state index is 13.3. The second-order valence-corrected chi connectivity index (χ2v) is 6.41. The van der Waals surface area contributed by atoms with Crippen molar-refractivity contribution in [1.82, 2.24) is 4.98 Å². The number of amides is 1. The zero-order valence-corrected chi connectivity index (χ0v) is 14.3. The first-order valence-corrected chi connectivity index (χ1v) is 8.65. The van der Waals surface area contributed by atoms with Crippen LogP contribution >= 0.6 is 0 Å². The average Bonchev–Trinajstić information content (AvgIpc) is 2.68. The molecule has 0 atom stereocenters. The smallest absolute Gasteiger partial charge is 0.260 e. The molecule has 3 nitrogen and oxygen atoms in total. The zero-order valence-electron chi connectivity index (χ0n) is 14.3. The maximum atomic E-state index is 13.3. The van der Waals surface area contributed by atoms with E-state index in [0.717, 1.165) is 41.8 Å². The third-order valence-electron chi connectivity index (χ3n) is 4.89. The third kappa shape index (κ3) is 2.82. The van der Waals surface area contributed by atoms with Crippen LogP contribution in [0, 0.1) is 6.92 Å². The van der Waals surface area contributed by atoms with Gasteiger partial charge in [0.05, 0.1) is 5.56 Å². The van der Waals surface area contributed by atoms with Gasteiger partial charge in [0.1, 0.15) is 0 Å². The summed E-state index contributed by atoms with van der Waals surface area (Å²) < 4.78 is 0. The monoisotopic (exact) mass is 328 g/mol. The van der Waals surface area contributed by atoms with Gasteiger partial charge in [-0.05, 0) is 42.5 Å². The van der Waals surface area contributed by atoms with Crippen LogP contribution in [0.4, 0.5) is 5.69 Å². The van der Waals surface area contributed by atoms with Gasteiger partial charge in [-0.25, -0.2) is 0 Å². The highest BCUT2D eigenvalue weighted by atomic mass is 16.2. The molecule has 4 rings (SSSR count). The van der Waals surface area contributed by atoms with Crippen molar-refractivity contribution in [3.8, 4) is 11.1 Å². The van der Waals surface area contributed by atoms with Gasteiger partial charge in [-0.2, -0.15) is 0 Å². The fraction of sp³-hybridized carbons (Fsp3) is 0.182. The fourth-order valence-corrected chi connectivity index (χ4v) is 3.54. The number of carbonyl (C=O) groups excluding carboxylic acids is 1. The quantitative estimate of drug-likeness (QED) is 0.686. The molecule has 1 aliphatic rings. The molecule has 3 heteroatoms. The molecule has 124 valence electrons. The normalized spacial score (nSPS) is 13.4. The van der Waals surface area contributed by atoms with E-state index in [2.05, 4.69) is 23.2 Å². The summed E-state index contributed by atoms with van der Waals surface area (Å²) in [4.78, 5) is 19.5. The Kier molecular flexibility index (Phi) is 4.06. The van der Waals surface area contributed by atoms with Crippen LogP contribution in [-0.4, -0.2) is 17.4 Å². The SMILES string of the molecule is Cc1c(C(=O)N2CCCc3ccccc32)cncc1-c1ccccc1. The first-order chi connectivity index (χ1) is 12.3. The standard InChI is InChI=1S/C22H20N2O/c1-16-19(17-8-3-2-4-9-17)14-23-15-20(16)22(25)24-13-7-11-18-10-5-6-12-21(18)24/h2-6,8-10,12,14-15H,7,11,13H2,1H3. The fourth-order valence-electron chi connectivity index (χ4n) is 3.54. The van der Waals surface area contributed by atoms with Gasteiger partial charge in [0.15, 0.2) is 0 Å². The van der Waals surface area contributed by atoms with Crippen LogP contribution in [0.2, 0.25) is 0 Å². The number of nitrogens with zero attached hydrogens (tertiary/aromatic N) is 2. The zero-order chi connectivity index (χ0) is 17.2. The van der Waals surface area contributed by atoms with Crippen molar-refractivity contribution in [2.45, 2.75) is 19.8 Å². The van der Waals surface area contributed by atoms with Crippen LogP contribution in [0.15, 0.2) is 67.0 Å². The van der Waals surface area contributed by atoms with Gasteiger partial charge in [-0.3, -0.25) is 9.78 Å². The van der Waals surface area contributed by atoms with Gasteiger partial charge in [-0.1, -0.05) is 48.5 Å². The maximum Gasteiger partial charge on any atom is 0.260 e. The number of hydrogen-bond donors (Lipinski definition) is 0. The van der Waals surface area contributed by atoms with Crippen molar-refractivity contribution in [3.63, 3.8) is 0 Å². The molecule has 0 fully saturated rings. The molecule has 25 heavy (non-hydrogen) atoms. The van der Waals surface area contributed by atoms with E-state index in [1.54, 1.807) is 6.20 Å². The second-order valence-electron chi connectivity index (χ2n) is 6.41. The van der Waals surface area contributed by atoms with Crippen LogP contribution in [0.5, 0.6) is 0 Å². The number of rotatable bonds is 2. The molecule has 1 aliphatic heterocycles. The van der Waals surface area contributed by atoms with Gasteiger partial charge in [0.2, 0.25) is 0 Å². The third-order valence-corrected chi connectivity index (χ3v) is 4.89. The minimum atomic E-state index is 0.0370. The van der Waals surface area contributed by atoms with Crippen LogP contribution in [0.25, 0.3) is 11.1 Å². The van der Waals surface area contributed by atoms with E-state index in [1.807, 2.05) is 54.4 Å². The van der Waals surface area contributed by atoms with E-state index in [0.29, 0.717) is 5.56 Å². The van der Waals surface area contributed by atoms with Crippen molar-refractivity contribution in [2.75, 3.05) is 11.4 Å². The molecular formula is C22H20N2O. The highest BCUT2D eigenvalue weighted by Gasteiger charge is 2.25. The summed E-state index contributed by atoms with van der Waals surface area (Å²) in [5.41, 5.74) is 6.03. The Morgan fingerprint density at radius 2 is 1.76 bits per heavy atom. The molecule has 3 aromatic rings. The van der Waals surface area contributed by atoms with E-state index in [1.165, 1.54) is 5.56 Å². The summed E-state index contributed by atoms with van der Waals surface area (Å²) in [6.07, 6.45) is 5.56. The lowest BCUT2D eigenvalue weighted by Crippen LogP contribution is -2.36. The molecule has 1 amide bonds. The molecule has 2 aromatic carbocycles. The molecule has 0 saturated carbocycles. The largest absolute Gasteiger partial charge is 0.308 e. The molecule has 0 unspecified atom stereocenters. The average molecular weight is 328 g/mol. The summed E-state index contributed by atoms with van der Waals surface area (Å²) in [5, 5.41) is 0. The summed E-state index contributed by atoms with van der Waals surface area (Å²) in [6.45, 7) is 2.76. The number of aromatic nitrogens is 1. The van der Waals surface area contributed by atoms with Crippen molar-refractivity contribution >= 4 is 11.6 Å². The number of anilines is 1. The lowest BCUT2D eigenvalue weighted by Gasteiger charge is -2.30. The van der Waals surface area contributed by atoms with Crippen molar-refractivity contribution in [3.05, 3.63) is 83.7 Å². The number of para-hydroxylation sites is 1. The molecular weight excluding hydrogens is 308 g/mol. The summed E-state index contributed by atoms with van der Waals surface area (Å²) in [5.74, 6) is 0.0370.